The molecule has 1 rings (SSSR count). The van der Waals surface area contributed by atoms with E-state index in [-0.39, 0.29) is 0 Å². The summed E-state index contributed by atoms with van der Waals surface area (Å²) < 4.78 is 0. The lowest BCUT2D eigenvalue weighted by Crippen LogP contribution is -2.25. The summed E-state index contributed by atoms with van der Waals surface area (Å²) in [6.07, 6.45) is 1.98. The molecular weight excluding hydrogens is 242 g/mol. The fourth-order valence-electron chi connectivity index (χ4n) is 1.71. The average Bonchev–Trinajstić information content (AvgIpc) is 2.43. The van der Waals surface area contributed by atoms with Crippen molar-refractivity contribution in [3.63, 3.8) is 0 Å². The molecule has 18 heavy (non-hydrogen) atoms. The van der Waals surface area contributed by atoms with Crippen LogP contribution in [0.25, 0.3) is 0 Å². The molecule has 1 N–H and O–H groups in total. The molecule has 1 heterocycles. The van der Waals surface area contributed by atoms with Crippen LogP contribution in [-0.4, -0.2) is 42.3 Å². The van der Waals surface area contributed by atoms with Gasteiger partial charge in [-0.3, -0.25) is 4.98 Å². The summed E-state index contributed by atoms with van der Waals surface area (Å²) in [5.41, 5.74) is 1.10. The van der Waals surface area contributed by atoms with Gasteiger partial charge in [-0.05, 0) is 39.2 Å². The maximum Gasteiger partial charge on any atom is 0.0571 e. The van der Waals surface area contributed by atoms with Crippen molar-refractivity contribution in [3.8, 4) is 0 Å². The van der Waals surface area contributed by atoms with E-state index in [1.54, 1.807) is 0 Å². The van der Waals surface area contributed by atoms with E-state index < -0.39 is 0 Å². The average molecular weight is 267 g/mol. The summed E-state index contributed by atoms with van der Waals surface area (Å²) in [6, 6.07) is 4.60. The lowest BCUT2D eigenvalue weighted by Gasteiger charge is -2.17. The summed E-state index contributed by atoms with van der Waals surface area (Å²) in [6.45, 7) is 9.96. The standard InChI is InChI=1S/C14H25N3S/c1-5-17(6-2)9-10-18-13-7-8-14(16-11-13)12(3)15-4/h7-8,11-12,15H,5-6,9-10H2,1-4H3. The summed E-state index contributed by atoms with van der Waals surface area (Å²) >= 11 is 1.88. The van der Waals surface area contributed by atoms with Crippen LogP contribution >= 0.6 is 11.8 Å². The third kappa shape index (κ3) is 4.96. The molecule has 0 bridgehead atoms. The number of hydrogen-bond donors (Lipinski definition) is 1. The van der Waals surface area contributed by atoms with E-state index in [1.807, 2.05) is 25.0 Å². The van der Waals surface area contributed by atoms with Gasteiger partial charge in [0.05, 0.1) is 5.69 Å². The first-order chi connectivity index (χ1) is 8.71. The SMILES string of the molecule is CCN(CC)CCSc1ccc(C(C)NC)nc1. The zero-order chi connectivity index (χ0) is 13.4. The monoisotopic (exact) mass is 267 g/mol. The Hall–Kier alpha value is -0.580. The molecule has 3 nitrogen and oxygen atoms in total. The molecule has 0 aliphatic heterocycles. The molecule has 102 valence electrons. The molecule has 0 aromatic carbocycles. The van der Waals surface area contributed by atoms with Gasteiger partial charge in [-0.1, -0.05) is 13.8 Å². The molecule has 1 aromatic rings. The Bertz CT molecular complexity index is 322. The molecule has 0 spiro atoms. The van der Waals surface area contributed by atoms with Gasteiger partial charge >= 0.3 is 0 Å². The first-order valence-corrected chi connectivity index (χ1v) is 7.68. The molecule has 1 atom stereocenters. The van der Waals surface area contributed by atoms with Crippen LogP contribution in [0.15, 0.2) is 23.2 Å². The molecule has 1 aromatic heterocycles. The molecule has 0 radical (unpaired) electrons. The lowest BCUT2D eigenvalue weighted by atomic mass is 10.2. The Balaban J connectivity index is 2.39. The molecule has 0 aliphatic carbocycles. The Morgan fingerprint density at radius 1 is 1.33 bits per heavy atom. The predicted octanol–water partition coefficient (Wildman–Crippen LogP) is 2.80. The van der Waals surface area contributed by atoms with Crippen LogP contribution in [0.2, 0.25) is 0 Å². The predicted molar refractivity (Wildman–Crippen MR) is 80.2 cm³/mol. The molecule has 0 amide bonds. The van der Waals surface area contributed by atoms with Crippen molar-refractivity contribution in [1.82, 2.24) is 15.2 Å². The van der Waals surface area contributed by atoms with E-state index in [9.17, 15) is 0 Å². The van der Waals surface area contributed by atoms with E-state index in [0.717, 1.165) is 31.1 Å². The van der Waals surface area contributed by atoms with Gasteiger partial charge in [0.2, 0.25) is 0 Å². The fourth-order valence-corrected chi connectivity index (χ4v) is 2.59. The fraction of sp³-hybridized carbons (Fsp3) is 0.643. The minimum atomic E-state index is 0.319. The number of nitrogens with one attached hydrogen (secondary N) is 1. The highest BCUT2D eigenvalue weighted by Crippen LogP contribution is 2.18. The van der Waals surface area contributed by atoms with Gasteiger partial charge < -0.3 is 10.2 Å². The lowest BCUT2D eigenvalue weighted by molar-refractivity contribution is 0.324. The smallest absolute Gasteiger partial charge is 0.0571 e. The second kappa shape index (κ2) is 8.51. The highest BCUT2D eigenvalue weighted by Gasteiger charge is 2.04. The quantitative estimate of drug-likeness (QED) is 0.733. The number of rotatable bonds is 8. The largest absolute Gasteiger partial charge is 0.312 e. The van der Waals surface area contributed by atoms with Crippen LogP contribution in [0.5, 0.6) is 0 Å². The minimum Gasteiger partial charge on any atom is -0.312 e. The maximum absolute atomic E-state index is 4.49. The first-order valence-electron chi connectivity index (χ1n) is 6.69. The first kappa shape index (κ1) is 15.5. The summed E-state index contributed by atoms with van der Waals surface area (Å²) in [4.78, 5) is 8.19. The van der Waals surface area contributed by atoms with Crippen molar-refractivity contribution in [1.29, 1.82) is 0 Å². The normalized spacial score (nSPS) is 12.9. The molecule has 0 saturated heterocycles. The summed E-state index contributed by atoms with van der Waals surface area (Å²) in [7, 11) is 1.96. The third-order valence-electron chi connectivity index (χ3n) is 3.21. The van der Waals surface area contributed by atoms with Crippen molar-refractivity contribution in [3.05, 3.63) is 24.0 Å². The summed E-state index contributed by atoms with van der Waals surface area (Å²) in [5, 5.41) is 3.20. The second-order valence-corrected chi connectivity index (χ2v) is 5.47. The third-order valence-corrected chi connectivity index (χ3v) is 4.17. The Labute approximate surface area is 115 Å². The van der Waals surface area contributed by atoms with E-state index >= 15 is 0 Å². The Morgan fingerprint density at radius 3 is 2.56 bits per heavy atom. The zero-order valence-corrected chi connectivity index (χ0v) is 12.8. The van der Waals surface area contributed by atoms with Gasteiger partial charge in [0.1, 0.15) is 0 Å². The highest BCUT2D eigenvalue weighted by atomic mass is 32.2. The van der Waals surface area contributed by atoms with Gasteiger partial charge in [0.25, 0.3) is 0 Å². The molecule has 1 unspecified atom stereocenters. The molecular formula is C14H25N3S. The van der Waals surface area contributed by atoms with Crippen molar-refractivity contribution in [2.45, 2.75) is 31.7 Å². The van der Waals surface area contributed by atoms with E-state index in [1.165, 1.54) is 4.90 Å². The van der Waals surface area contributed by atoms with E-state index in [0.29, 0.717) is 6.04 Å². The Morgan fingerprint density at radius 2 is 2.06 bits per heavy atom. The van der Waals surface area contributed by atoms with Crippen LogP contribution < -0.4 is 5.32 Å². The van der Waals surface area contributed by atoms with Crippen LogP contribution in [0.4, 0.5) is 0 Å². The minimum absolute atomic E-state index is 0.319. The summed E-state index contributed by atoms with van der Waals surface area (Å²) in [5.74, 6) is 1.13. The zero-order valence-electron chi connectivity index (χ0n) is 11.9. The van der Waals surface area contributed by atoms with Gasteiger partial charge in [-0.15, -0.1) is 11.8 Å². The van der Waals surface area contributed by atoms with Gasteiger partial charge in [-0.2, -0.15) is 0 Å². The van der Waals surface area contributed by atoms with Crippen molar-refractivity contribution in [2.24, 2.45) is 0 Å². The van der Waals surface area contributed by atoms with Gasteiger partial charge in [-0.25, -0.2) is 0 Å². The van der Waals surface area contributed by atoms with Crippen LogP contribution in [0.3, 0.4) is 0 Å². The number of pyridine rings is 1. The molecule has 4 heteroatoms. The van der Waals surface area contributed by atoms with E-state index in [2.05, 4.69) is 48.1 Å². The van der Waals surface area contributed by atoms with Gasteiger partial charge in [0, 0.05) is 29.4 Å². The highest BCUT2D eigenvalue weighted by molar-refractivity contribution is 7.99. The molecule has 0 fully saturated rings. The maximum atomic E-state index is 4.49. The second-order valence-electron chi connectivity index (χ2n) is 4.30. The van der Waals surface area contributed by atoms with Gasteiger partial charge in [0.15, 0.2) is 0 Å². The number of aromatic nitrogens is 1. The molecule has 0 aliphatic rings. The van der Waals surface area contributed by atoms with Crippen molar-refractivity contribution >= 4 is 11.8 Å². The van der Waals surface area contributed by atoms with Crippen molar-refractivity contribution < 1.29 is 0 Å². The van der Waals surface area contributed by atoms with Crippen LogP contribution in [0, 0.1) is 0 Å². The van der Waals surface area contributed by atoms with Crippen molar-refractivity contribution in [2.75, 3.05) is 32.4 Å². The van der Waals surface area contributed by atoms with Crippen LogP contribution in [-0.2, 0) is 0 Å². The van der Waals surface area contributed by atoms with Crippen LogP contribution in [0.1, 0.15) is 32.5 Å². The number of nitrogens with zero attached hydrogens (tertiary/aromatic N) is 2. The number of hydrogen-bond acceptors (Lipinski definition) is 4. The molecule has 0 saturated carbocycles. The number of thioether (sulfide) groups is 1. The Kier molecular flexibility index (Phi) is 7.32. The topological polar surface area (TPSA) is 28.2 Å². The van der Waals surface area contributed by atoms with E-state index in [4.69, 9.17) is 0 Å².